The van der Waals surface area contributed by atoms with Crippen LogP contribution >= 0.6 is 0 Å². The van der Waals surface area contributed by atoms with Gasteiger partial charge in [0, 0.05) is 18.4 Å². The minimum Gasteiger partial charge on any atom is -0.396 e. The lowest BCUT2D eigenvalue weighted by molar-refractivity contribution is -0.467. The van der Waals surface area contributed by atoms with E-state index in [1.807, 2.05) is 0 Å². The predicted molar refractivity (Wildman–Crippen MR) is 63.5 cm³/mol. The molecule has 3 heterocycles. The third-order valence-corrected chi connectivity index (χ3v) is 3.56. The van der Waals surface area contributed by atoms with Gasteiger partial charge in [-0.3, -0.25) is 0 Å². The SMILES string of the molecule is CC12COC(CCCCCCCO)(OC1)OC2. The van der Waals surface area contributed by atoms with Gasteiger partial charge < -0.3 is 19.3 Å². The van der Waals surface area contributed by atoms with Crippen LogP contribution in [0.4, 0.5) is 0 Å². The van der Waals surface area contributed by atoms with Crippen molar-refractivity contribution >= 4 is 0 Å². The van der Waals surface area contributed by atoms with Crippen molar-refractivity contribution in [3.8, 4) is 0 Å². The fourth-order valence-electron chi connectivity index (χ4n) is 2.30. The molecule has 3 saturated heterocycles. The van der Waals surface area contributed by atoms with Crippen LogP contribution in [0.1, 0.15) is 45.4 Å². The summed E-state index contributed by atoms with van der Waals surface area (Å²) in [6.07, 6.45) is 6.20. The molecule has 0 saturated carbocycles. The van der Waals surface area contributed by atoms with Crippen molar-refractivity contribution in [1.29, 1.82) is 0 Å². The Morgan fingerprint density at radius 1 is 0.882 bits per heavy atom. The lowest BCUT2D eigenvalue weighted by Gasteiger charge is -2.50. The zero-order chi connectivity index (χ0) is 12.2. The van der Waals surface area contributed by atoms with Crippen molar-refractivity contribution in [2.75, 3.05) is 26.4 Å². The molecule has 0 aliphatic carbocycles. The molecule has 3 aliphatic heterocycles. The number of hydrogen-bond acceptors (Lipinski definition) is 4. The molecule has 2 bridgehead atoms. The summed E-state index contributed by atoms with van der Waals surface area (Å²) in [6.45, 7) is 4.68. The zero-order valence-electron chi connectivity index (χ0n) is 10.7. The lowest BCUT2D eigenvalue weighted by atomic mass is 9.91. The molecular weight excluding hydrogens is 220 g/mol. The number of fused-ring (bicyclic) bond motifs is 3. The molecule has 0 spiro atoms. The van der Waals surface area contributed by atoms with E-state index in [2.05, 4.69) is 6.92 Å². The molecule has 3 fully saturated rings. The molecule has 0 radical (unpaired) electrons. The molecule has 0 aromatic heterocycles. The van der Waals surface area contributed by atoms with Crippen molar-refractivity contribution in [2.24, 2.45) is 5.41 Å². The van der Waals surface area contributed by atoms with Gasteiger partial charge in [0.2, 0.25) is 0 Å². The van der Waals surface area contributed by atoms with E-state index in [4.69, 9.17) is 19.3 Å². The molecule has 0 unspecified atom stereocenters. The average Bonchev–Trinajstić information content (AvgIpc) is 2.36. The molecular formula is C13H24O4. The summed E-state index contributed by atoms with van der Waals surface area (Å²) < 4.78 is 17.1. The van der Waals surface area contributed by atoms with Crippen LogP contribution in [-0.2, 0) is 14.2 Å². The van der Waals surface area contributed by atoms with Gasteiger partial charge in [0.15, 0.2) is 0 Å². The van der Waals surface area contributed by atoms with E-state index in [1.54, 1.807) is 0 Å². The fourth-order valence-corrected chi connectivity index (χ4v) is 2.30. The summed E-state index contributed by atoms with van der Waals surface area (Å²) >= 11 is 0. The maximum atomic E-state index is 8.68. The van der Waals surface area contributed by atoms with Crippen LogP contribution < -0.4 is 0 Å². The average molecular weight is 244 g/mol. The Bertz CT molecular complexity index is 217. The van der Waals surface area contributed by atoms with Gasteiger partial charge >= 0.3 is 0 Å². The highest BCUT2D eigenvalue weighted by Gasteiger charge is 2.49. The summed E-state index contributed by atoms with van der Waals surface area (Å²) in [6, 6.07) is 0. The van der Waals surface area contributed by atoms with Gasteiger partial charge in [-0.15, -0.1) is 0 Å². The van der Waals surface area contributed by atoms with Gasteiger partial charge in [0.1, 0.15) is 0 Å². The second kappa shape index (κ2) is 5.65. The largest absolute Gasteiger partial charge is 0.396 e. The fraction of sp³-hybridized carbons (Fsp3) is 1.00. The van der Waals surface area contributed by atoms with Crippen LogP contribution in [0.25, 0.3) is 0 Å². The Morgan fingerprint density at radius 2 is 1.41 bits per heavy atom. The maximum Gasteiger partial charge on any atom is 0.282 e. The van der Waals surface area contributed by atoms with Crippen molar-refractivity contribution in [2.45, 2.75) is 51.4 Å². The molecule has 3 rings (SSSR count). The second-order valence-electron chi connectivity index (χ2n) is 5.60. The van der Waals surface area contributed by atoms with E-state index in [-0.39, 0.29) is 5.41 Å². The highest BCUT2D eigenvalue weighted by molar-refractivity contribution is 4.84. The third-order valence-electron chi connectivity index (χ3n) is 3.56. The van der Waals surface area contributed by atoms with Crippen LogP contribution in [0.3, 0.4) is 0 Å². The van der Waals surface area contributed by atoms with E-state index >= 15 is 0 Å². The number of ether oxygens (including phenoxy) is 3. The first-order valence-electron chi connectivity index (χ1n) is 6.71. The van der Waals surface area contributed by atoms with Crippen molar-refractivity contribution in [1.82, 2.24) is 0 Å². The maximum absolute atomic E-state index is 8.68. The van der Waals surface area contributed by atoms with Gasteiger partial charge in [-0.05, 0) is 12.8 Å². The Kier molecular flexibility index (Phi) is 4.42. The van der Waals surface area contributed by atoms with E-state index in [9.17, 15) is 0 Å². The molecule has 4 heteroatoms. The lowest BCUT2D eigenvalue weighted by Crippen LogP contribution is -2.58. The van der Waals surface area contributed by atoms with E-state index in [0.29, 0.717) is 6.61 Å². The van der Waals surface area contributed by atoms with Crippen molar-refractivity contribution < 1.29 is 19.3 Å². The highest BCUT2D eigenvalue weighted by atomic mass is 16.9. The van der Waals surface area contributed by atoms with Crippen LogP contribution in [0.5, 0.6) is 0 Å². The summed E-state index contributed by atoms with van der Waals surface area (Å²) in [5.74, 6) is -0.741. The van der Waals surface area contributed by atoms with Gasteiger partial charge in [0.25, 0.3) is 5.97 Å². The predicted octanol–water partition coefficient (Wildman–Crippen LogP) is 2.06. The number of aliphatic hydroxyl groups is 1. The smallest absolute Gasteiger partial charge is 0.282 e. The van der Waals surface area contributed by atoms with E-state index in [0.717, 1.165) is 58.3 Å². The molecule has 1 N–H and O–H groups in total. The van der Waals surface area contributed by atoms with Crippen LogP contribution in [0.15, 0.2) is 0 Å². The van der Waals surface area contributed by atoms with Crippen LogP contribution in [0.2, 0.25) is 0 Å². The Hall–Kier alpha value is -0.160. The first-order valence-corrected chi connectivity index (χ1v) is 6.71. The highest BCUT2D eigenvalue weighted by Crippen LogP contribution is 2.40. The number of hydrogen-bond donors (Lipinski definition) is 1. The molecule has 0 aromatic rings. The minimum atomic E-state index is -0.741. The zero-order valence-corrected chi connectivity index (χ0v) is 10.7. The first kappa shape index (κ1) is 13.3. The standard InChI is InChI=1S/C13H24O4/c1-12-9-15-13(16-10-12,17-11-12)7-5-3-2-4-6-8-14/h14H,2-11H2,1H3. The number of unbranched alkanes of at least 4 members (excludes halogenated alkanes) is 4. The van der Waals surface area contributed by atoms with E-state index < -0.39 is 5.97 Å². The van der Waals surface area contributed by atoms with Gasteiger partial charge in [-0.2, -0.15) is 0 Å². The minimum absolute atomic E-state index is 0.0584. The van der Waals surface area contributed by atoms with E-state index in [1.165, 1.54) is 0 Å². The summed E-state index contributed by atoms with van der Waals surface area (Å²) in [7, 11) is 0. The monoisotopic (exact) mass is 244 g/mol. The second-order valence-corrected chi connectivity index (χ2v) is 5.60. The third kappa shape index (κ3) is 3.41. The Balaban J connectivity index is 1.62. The number of aliphatic hydroxyl groups excluding tert-OH is 1. The Morgan fingerprint density at radius 3 is 2.00 bits per heavy atom. The molecule has 0 amide bonds. The van der Waals surface area contributed by atoms with Crippen molar-refractivity contribution in [3.05, 3.63) is 0 Å². The quantitative estimate of drug-likeness (QED) is 0.696. The topological polar surface area (TPSA) is 47.9 Å². The van der Waals surface area contributed by atoms with Crippen molar-refractivity contribution in [3.63, 3.8) is 0 Å². The molecule has 3 aliphatic rings. The number of rotatable bonds is 7. The normalized spacial score (nSPS) is 36.4. The molecule has 0 atom stereocenters. The summed E-state index contributed by atoms with van der Waals surface area (Å²) in [5.41, 5.74) is 0.0584. The first-order chi connectivity index (χ1) is 8.18. The van der Waals surface area contributed by atoms with Gasteiger partial charge in [0.05, 0.1) is 19.8 Å². The van der Waals surface area contributed by atoms with Gasteiger partial charge in [-0.25, -0.2) is 0 Å². The molecule has 0 aromatic carbocycles. The summed E-state index contributed by atoms with van der Waals surface area (Å²) in [4.78, 5) is 0. The summed E-state index contributed by atoms with van der Waals surface area (Å²) in [5, 5.41) is 8.68. The molecule has 17 heavy (non-hydrogen) atoms. The molecule has 4 nitrogen and oxygen atoms in total. The Labute approximate surface area is 103 Å². The molecule has 100 valence electrons. The van der Waals surface area contributed by atoms with Crippen LogP contribution in [-0.4, -0.2) is 37.5 Å². The van der Waals surface area contributed by atoms with Gasteiger partial charge in [-0.1, -0.05) is 26.2 Å². The van der Waals surface area contributed by atoms with Crippen LogP contribution in [0, 0.1) is 5.41 Å².